The molecule has 0 fully saturated rings. The summed E-state index contributed by atoms with van der Waals surface area (Å²) in [6.07, 6.45) is 0. The second kappa shape index (κ2) is 7.63. The van der Waals surface area contributed by atoms with Crippen molar-refractivity contribution in [2.45, 2.75) is 25.7 Å². The molecule has 0 atom stereocenters. The van der Waals surface area contributed by atoms with Crippen molar-refractivity contribution in [3.05, 3.63) is 38.8 Å². The van der Waals surface area contributed by atoms with Crippen LogP contribution >= 0.6 is 27.3 Å². The van der Waals surface area contributed by atoms with E-state index >= 15 is 0 Å². The van der Waals surface area contributed by atoms with Crippen molar-refractivity contribution < 1.29 is 22.7 Å². The van der Waals surface area contributed by atoms with Crippen LogP contribution in [0.4, 0.5) is 5.13 Å². The Balaban J connectivity index is 2.43. The first-order valence-corrected chi connectivity index (χ1v) is 10.2. The summed E-state index contributed by atoms with van der Waals surface area (Å²) < 4.78 is 32.7. The van der Waals surface area contributed by atoms with E-state index in [1.807, 2.05) is 0 Å². The first-order chi connectivity index (χ1) is 11.7. The van der Waals surface area contributed by atoms with Gasteiger partial charge in [-0.25, -0.2) is 18.2 Å². The number of hydrogen-bond acceptors (Lipinski definition) is 7. The zero-order chi connectivity index (χ0) is 18.8. The number of Topliss-reactive ketones (excluding diaryl/α,β-unsaturated/α-hetero) is 1. The van der Waals surface area contributed by atoms with Gasteiger partial charge >= 0.3 is 5.97 Å². The van der Waals surface area contributed by atoms with Crippen molar-refractivity contribution >= 4 is 54.2 Å². The van der Waals surface area contributed by atoms with Gasteiger partial charge in [0.25, 0.3) is 10.0 Å². The van der Waals surface area contributed by atoms with Crippen molar-refractivity contribution in [3.8, 4) is 0 Å². The minimum atomic E-state index is -3.95. The zero-order valence-corrected chi connectivity index (χ0v) is 16.8. The largest absolute Gasteiger partial charge is 0.461 e. The van der Waals surface area contributed by atoms with Crippen LogP contribution in [-0.4, -0.2) is 31.8 Å². The summed E-state index contributed by atoms with van der Waals surface area (Å²) in [5.74, 6) is -1.17. The first-order valence-electron chi connectivity index (χ1n) is 7.13. The molecule has 1 aromatic heterocycles. The Morgan fingerprint density at radius 2 is 2.04 bits per heavy atom. The van der Waals surface area contributed by atoms with Crippen LogP contribution < -0.4 is 4.72 Å². The average Bonchev–Trinajstić information content (AvgIpc) is 2.93. The number of ketones is 1. The number of esters is 1. The highest BCUT2D eigenvalue weighted by Gasteiger charge is 2.25. The number of carbonyl (C=O) groups is 2. The number of anilines is 1. The molecule has 0 bridgehead atoms. The highest BCUT2D eigenvalue weighted by molar-refractivity contribution is 9.10. The minimum Gasteiger partial charge on any atom is -0.461 e. The van der Waals surface area contributed by atoms with Gasteiger partial charge in [0, 0.05) is 11.4 Å². The highest BCUT2D eigenvalue weighted by Crippen LogP contribution is 2.29. The molecule has 0 saturated carbocycles. The molecule has 25 heavy (non-hydrogen) atoms. The van der Waals surface area contributed by atoms with E-state index in [0.29, 0.717) is 4.47 Å². The van der Waals surface area contributed by atoms with Gasteiger partial charge < -0.3 is 4.74 Å². The van der Waals surface area contributed by atoms with Crippen LogP contribution in [-0.2, 0) is 14.8 Å². The van der Waals surface area contributed by atoms with Crippen molar-refractivity contribution in [1.82, 2.24) is 4.98 Å². The number of benzene rings is 1. The molecule has 0 saturated heterocycles. The van der Waals surface area contributed by atoms with Crippen LogP contribution in [0.1, 0.15) is 39.6 Å². The lowest BCUT2D eigenvalue weighted by molar-refractivity contribution is 0.0517. The molecule has 1 aromatic carbocycles. The fourth-order valence-electron chi connectivity index (χ4n) is 1.93. The van der Waals surface area contributed by atoms with Crippen molar-refractivity contribution in [1.29, 1.82) is 0 Å². The topological polar surface area (TPSA) is 102 Å². The third-order valence-electron chi connectivity index (χ3n) is 3.01. The lowest BCUT2D eigenvalue weighted by Crippen LogP contribution is -2.14. The molecule has 0 aliphatic heterocycles. The zero-order valence-electron chi connectivity index (χ0n) is 13.6. The Hall–Kier alpha value is -1.78. The minimum absolute atomic E-state index is 0.0322. The number of carbonyl (C=O) groups excluding carboxylic acids is 2. The number of aryl methyl sites for hydroxylation is 1. The van der Waals surface area contributed by atoms with Gasteiger partial charge in [-0.2, -0.15) is 0 Å². The molecule has 0 aliphatic rings. The third-order valence-corrected chi connectivity index (χ3v) is 6.55. The van der Waals surface area contributed by atoms with E-state index in [-0.39, 0.29) is 27.2 Å². The SMILES string of the molecule is CCOC(=O)c1nc(NS(=O)(=O)c2cc(C)ccc2Br)sc1C(C)=O. The van der Waals surface area contributed by atoms with Gasteiger partial charge in [0.05, 0.1) is 6.61 Å². The second-order valence-corrected chi connectivity index (χ2v) is 8.52. The Bertz CT molecular complexity index is 937. The maximum absolute atomic E-state index is 12.6. The highest BCUT2D eigenvalue weighted by atomic mass is 79.9. The molecule has 7 nitrogen and oxygen atoms in total. The molecule has 2 aromatic rings. The van der Waals surface area contributed by atoms with Crippen LogP contribution in [0, 0.1) is 6.92 Å². The molecule has 2 rings (SSSR count). The van der Waals surface area contributed by atoms with E-state index in [4.69, 9.17) is 4.74 Å². The molecule has 0 amide bonds. The number of rotatable bonds is 6. The number of halogens is 1. The van der Waals surface area contributed by atoms with Crippen LogP contribution in [0.2, 0.25) is 0 Å². The molecule has 134 valence electrons. The smallest absolute Gasteiger partial charge is 0.358 e. The molecular formula is C15H15BrN2O5S2. The molecule has 0 unspecified atom stereocenters. The maximum atomic E-state index is 12.6. The second-order valence-electron chi connectivity index (χ2n) is 5.01. The fraction of sp³-hybridized carbons (Fsp3) is 0.267. The van der Waals surface area contributed by atoms with Crippen molar-refractivity contribution in [2.75, 3.05) is 11.3 Å². The molecule has 0 aliphatic carbocycles. The summed E-state index contributed by atoms with van der Waals surface area (Å²) in [4.78, 5) is 27.6. The number of sulfonamides is 1. The average molecular weight is 447 g/mol. The van der Waals surface area contributed by atoms with Crippen molar-refractivity contribution in [3.63, 3.8) is 0 Å². The van der Waals surface area contributed by atoms with E-state index in [2.05, 4.69) is 25.6 Å². The summed E-state index contributed by atoms with van der Waals surface area (Å²) in [5.41, 5.74) is 0.569. The fourth-order valence-corrected chi connectivity index (χ4v) is 5.06. The Morgan fingerprint density at radius 1 is 1.36 bits per heavy atom. The monoisotopic (exact) mass is 446 g/mol. The number of hydrogen-bond donors (Lipinski definition) is 1. The van der Waals surface area contributed by atoms with Gasteiger partial charge in [-0.05, 0) is 47.5 Å². The predicted molar refractivity (Wildman–Crippen MR) is 97.8 cm³/mol. The van der Waals surface area contributed by atoms with E-state index in [1.54, 1.807) is 26.0 Å². The van der Waals surface area contributed by atoms with E-state index in [1.165, 1.54) is 13.0 Å². The van der Waals surface area contributed by atoms with Gasteiger partial charge in [-0.3, -0.25) is 9.52 Å². The molecule has 1 N–H and O–H groups in total. The van der Waals surface area contributed by atoms with Gasteiger partial charge in [0.2, 0.25) is 0 Å². The van der Waals surface area contributed by atoms with Crippen LogP contribution in [0.3, 0.4) is 0 Å². The van der Waals surface area contributed by atoms with E-state index < -0.39 is 21.8 Å². The van der Waals surface area contributed by atoms with Gasteiger partial charge in [0.15, 0.2) is 16.6 Å². The third kappa shape index (κ3) is 4.44. The Labute approximate surface area is 157 Å². The maximum Gasteiger partial charge on any atom is 0.358 e. The quantitative estimate of drug-likeness (QED) is 0.538. The number of nitrogens with zero attached hydrogens (tertiary/aromatic N) is 1. The summed E-state index contributed by atoms with van der Waals surface area (Å²) in [6.45, 7) is 4.77. The number of thiazole rings is 1. The molecule has 1 heterocycles. The Morgan fingerprint density at radius 3 is 2.64 bits per heavy atom. The molecular weight excluding hydrogens is 432 g/mol. The van der Waals surface area contributed by atoms with Crippen LogP contribution in [0.15, 0.2) is 27.6 Å². The van der Waals surface area contributed by atoms with Crippen molar-refractivity contribution in [2.24, 2.45) is 0 Å². The van der Waals surface area contributed by atoms with Crippen LogP contribution in [0.25, 0.3) is 0 Å². The summed E-state index contributed by atoms with van der Waals surface area (Å²) in [5, 5.41) is -0.0818. The van der Waals surface area contributed by atoms with Gasteiger partial charge in [0.1, 0.15) is 9.77 Å². The first kappa shape index (κ1) is 19.5. The summed E-state index contributed by atoms with van der Waals surface area (Å²) >= 11 is 3.99. The standard InChI is InChI=1S/C15H15BrN2O5S2/c1-4-23-14(20)12-13(9(3)19)24-15(17-12)18-25(21,22)11-7-8(2)5-6-10(11)16/h5-7H,4H2,1-3H3,(H,17,18). The number of nitrogens with one attached hydrogen (secondary N) is 1. The van der Waals surface area contributed by atoms with E-state index in [0.717, 1.165) is 16.9 Å². The summed E-state index contributed by atoms with van der Waals surface area (Å²) in [6, 6.07) is 4.88. The number of ether oxygens (including phenoxy) is 1. The molecule has 10 heteroatoms. The van der Waals surface area contributed by atoms with E-state index in [9.17, 15) is 18.0 Å². The Kier molecular flexibility index (Phi) is 5.96. The van der Waals surface area contributed by atoms with Crippen LogP contribution in [0.5, 0.6) is 0 Å². The normalized spacial score (nSPS) is 11.2. The lowest BCUT2D eigenvalue weighted by Gasteiger charge is -2.08. The molecule has 0 radical (unpaired) electrons. The number of aromatic nitrogens is 1. The van der Waals surface area contributed by atoms with Gasteiger partial charge in [-0.15, -0.1) is 0 Å². The lowest BCUT2D eigenvalue weighted by atomic mass is 10.2. The molecule has 0 spiro atoms. The summed E-state index contributed by atoms with van der Waals surface area (Å²) in [7, 11) is -3.95. The van der Waals surface area contributed by atoms with Gasteiger partial charge in [-0.1, -0.05) is 17.4 Å². The predicted octanol–water partition coefficient (Wildman–Crippen LogP) is 3.39.